The molecule has 0 fully saturated rings. The molecule has 1 unspecified atom stereocenters. The summed E-state index contributed by atoms with van der Waals surface area (Å²) in [6.07, 6.45) is 0.470. The molecule has 1 rings (SSSR count). The first kappa shape index (κ1) is 12.5. The van der Waals surface area contributed by atoms with E-state index in [9.17, 15) is 4.79 Å². The fourth-order valence-electron chi connectivity index (χ4n) is 1.44. The van der Waals surface area contributed by atoms with E-state index >= 15 is 0 Å². The molecule has 1 aromatic rings. The molecule has 88 valence electrons. The maximum Gasteiger partial charge on any atom is 0.321 e. The first-order valence-corrected chi connectivity index (χ1v) is 5.29. The molecule has 0 radical (unpaired) electrons. The highest BCUT2D eigenvalue weighted by Gasteiger charge is 2.14. The Balaban J connectivity index is 2.63. The van der Waals surface area contributed by atoms with Crippen LogP contribution in [0, 0.1) is 0 Å². The van der Waals surface area contributed by atoms with Gasteiger partial charge in [0, 0.05) is 0 Å². The molecule has 0 aliphatic rings. The minimum absolute atomic E-state index is 0.470. The van der Waals surface area contributed by atoms with Crippen LogP contribution in [0.15, 0.2) is 24.3 Å². The highest BCUT2D eigenvalue weighted by molar-refractivity contribution is 5.73. The number of benzene rings is 1. The lowest BCUT2D eigenvalue weighted by atomic mass is 10.1. The number of hydrogen-bond donors (Lipinski definition) is 2. The number of rotatable bonds is 6. The summed E-state index contributed by atoms with van der Waals surface area (Å²) in [4.78, 5) is 10.8. The number of carboxylic acids is 1. The molecule has 1 aromatic carbocycles. The van der Waals surface area contributed by atoms with E-state index in [-0.39, 0.29) is 0 Å². The monoisotopic (exact) mass is 223 g/mol. The molecule has 2 N–H and O–H groups in total. The van der Waals surface area contributed by atoms with E-state index in [1.807, 2.05) is 31.2 Å². The zero-order valence-electron chi connectivity index (χ0n) is 9.56. The van der Waals surface area contributed by atoms with Crippen LogP contribution in [0.25, 0.3) is 0 Å². The van der Waals surface area contributed by atoms with Crippen LogP contribution in [0.3, 0.4) is 0 Å². The van der Waals surface area contributed by atoms with Crippen molar-refractivity contribution in [1.82, 2.24) is 5.32 Å². The smallest absolute Gasteiger partial charge is 0.321 e. The number of likely N-dealkylation sites (N-methyl/N-ethyl adjacent to an activating group) is 1. The first-order chi connectivity index (χ1) is 7.67. The lowest BCUT2D eigenvalue weighted by Gasteiger charge is -2.11. The quantitative estimate of drug-likeness (QED) is 0.763. The van der Waals surface area contributed by atoms with Gasteiger partial charge in [0.15, 0.2) is 0 Å². The molecular formula is C12H17NO3. The van der Waals surface area contributed by atoms with Gasteiger partial charge in [-0.25, -0.2) is 0 Å². The van der Waals surface area contributed by atoms with Crippen molar-refractivity contribution in [3.63, 3.8) is 0 Å². The average molecular weight is 223 g/mol. The van der Waals surface area contributed by atoms with Crippen LogP contribution >= 0.6 is 0 Å². The first-order valence-electron chi connectivity index (χ1n) is 5.29. The third kappa shape index (κ3) is 3.55. The van der Waals surface area contributed by atoms with Crippen molar-refractivity contribution in [3.8, 4) is 5.75 Å². The Morgan fingerprint density at radius 1 is 1.44 bits per heavy atom. The van der Waals surface area contributed by atoms with Crippen LogP contribution in [0.5, 0.6) is 5.75 Å². The van der Waals surface area contributed by atoms with Crippen LogP contribution in [-0.2, 0) is 11.2 Å². The van der Waals surface area contributed by atoms with Crippen LogP contribution in [0.4, 0.5) is 0 Å². The molecule has 0 heterocycles. The molecule has 0 aromatic heterocycles. The Morgan fingerprint density at radius 3 is 2.50 bits per heavy atom. The molecule has 0 saturated heterocycles. The lowest BCUT2D eigenvalue weighted by molar-refractivity contribution is -0.139. The molecule has 1 atom stereocenters. The Bertz CT molecular complexity index is 335. The van der Waals surface area contributed by atoms with Crippen molar-refractivity contribution in [2.24, 2.45) is 0 Å². The van der Waals surface area contributed by atoms with Crippen LogP contribution in [0.2, 0.25) is 0 Å². The van der Waals surface area contributed by atoms with Crippen molar-refractivity contribution in [1.29, 1.82) is 0 Å². The average Bonchev–Trinajstić information content (AvgIpc) is 2.28. The number of aliphatic carboxylic acids is 1. The maximum absolute atomic E-state index is 10.8. The van der Waals surface area contributed by atoms with Crippen LogP contribution in [-0.4, -0.2) is 30.8 Å². The summed E-state index contributed by atoms with van der Waals surface area (Å²) in [6, 6.07) is 6.94. The normalized spacial score (nSPS) is 12.1. The Labute approximate surface area is 95.2 Å². The van der Waals surface area contributed by atoms with E-state index in [1.54, 1.807) is 7.05 Å². The zero-order valence-corrected chi connectivity index (χ0v) is 9.56. The van der Waals surface area contributed by atoms with Crippen LogP contribution in [0.1, 0.15) is 12.5 Å². The minimum atomic E-state index is -0.837. The van der Waals surface area contributed by atoms with Gasteiger partial charge in [-0.2, -0.15) is 0 Å². The van der Waals surface area contributed by atoms with E-state index in [0.29, 0.717) is 13.0 Å². The SMILES string of the molecule is CCOc1ccc(CC(NC)C(=O)O)cc1. The third-order valence-corrected chi connectivity index (χ3v) is 2.32. The Morgan fingerprint density at radius 2 is 2.06 bits per heavy atom. The second-order valence-corrected chi connectivity index (χ2v) is 3.46. The Kier molecular flexibility index (Phi) is 4.79. The summed E-state index contributed by atoms with van der Waals surface area (Å²) in [5.41, 5.74) is 0.977. The number of carbonyl (C=O) groups is 1. The van der Waals surface area contributed by atoms with Crippen molar-refractivity contribution in [2.75, 3.05) is 13.7 Å². The second kappa shape index (κ2) is 6.12. The molecule has 0 amide bonds. The zero-order chi connectivity index (χ0) is 12.0. The van der Waals surface area contributed by atoms with Gasteiger partial charge in [0.05, 0.1) is 6.61 Å². The number of carboxylic acid groups (broad SMARTS) is 1. The largest absolute Gasteiger partial charge is 0.494 e. The van der Waals surface area contributed by atoms with Crippen molar-refractivity contribution >= 4 is 5.97 Å². The summed E-state index contributed by atoms with van der Waals surface area (Å²) >= 11 is 0. The van der Waals surface area contributed by atoms with Gasteiger partial charge in [0.25, 0.3) is 0 Å². The van der Waals surface area contributed by atoms with E-state index in [0.717, 1.165) is 11.3 Å². The number of nitrogens with one attached hydrogen (secondary N) is 1. The predicted octanol–water partition coefficient (Wildman–Crippen LogP) is 1.30. The highest BCUT2D eigenvalue weighted by atomic mass is 16.5. The van der Waals surface area contributed by atoms with Crippen molar-refractivity contribution < 1.29 is 14.6 Å². The highest BCUT2D eigenvalue weighted by Crippen LogP contribution is 2.13. The standard InChI is InChI=1S/C12H17NO3/c1-3-16-10-6-4-9(5-7-10)8-11(13-2)12(14)15/h4-7,11,13H,3,8H2,1-2H3,(H,14,15). The molecule has 0 aliphatic carbocycles. The van der Waals surface area contributed by atoms with Gasteiger partial charge in [-0.1, -0.05) is 12.1 Å². The summed E-state index contributed by atoms with van der Waals surface area (Å²) in [5, 5.41) is 11.6. The van der Waals surface area contributed by atoms with Gasteiger partial charge in [-0.05, 0) is 38.1 Å². The van der Waals surface area contributed by atoms with Crippen LogP contribution < -0.4 is 10.1 Å². The summed E-state index contributed by atoms with van der Waals surface area (Å²) in [6.45, 7) is 2.56. The van der Waals surface area contributed by atoms with Crippen molar-refractivity contribution in [3.05, 3.63) is 29.8 Å². The minimum Gasteiger partial charge on any atom is -0.494 e. The van der Waals surface area contributed by atoms with Gasteiger partial charge in [-0.15, -0.1) is 0 Å². The number of hydrogen-bond acceptors (Lipinski definition) is 3. The molecule has 16 heavy (non-hydrogen) atoms. The van der Waals surface area contributed by atoms with Gasteiger partial charge in [0.1, 0.15) is 11.8 Å². The Hall–Kier alpha value is -1.55. The lowest BCUT2D eigenvalue weighted by Crippen LogP contribution is -2.35. The fraction of sp³-hybridized carbons (Fsp3) is 0.417. The van der Waals surface area contributed by atoms with E-state index < -0.39 is 12.0 Å². The summed E-state index contributed by atoms with van der Waals surface area (Å²) in [5.74, 6) is -0.0287. The van der Waals surface area contributed by atoms with Gasteiger partial charge in [-0.3, -0.25) is 4.79 Å². The molecular weight excluding hydrogens is 206 g/mol. The second-order valence-electron chi connectivity index (χ2n) is 3.46. The van der Waals surface area contributed by atoms with Crippen molar-refractivity contribution in [2.45, 2.75) is 19.4 Å². The molecule has 4 heteroatoms. The summed E-state index contributed by atoms with van der Waals surface area (Å²) in [7, 11) is 1.65. The molecule has 0 aliphatic heterocycles. The van der Waals surface area contributed by atoms with Gasteiger partial charge in [0.2, 0.25) is 0 Å². The summed E-state index contributed by atoms with van der Waals surface area (Å²) < 4.78 is 5.31. The van der Waals surface area contributed by atoms with E-state index in [4.69, 9.17) is 9.84 Å². The predicted molar refractivity (Wildman–Crippen MR) is 61.8 cm³/mol. The fourth-order valence-corrected chi connectivity index (χ4v) is 1.44. The molecule has 0 spiro atoms. The van der Waals surface area contributed by atoms with E-state index in [2.05, 4.69) is 5.32 Å². The molecule has 0 saturated carbocycles. The maximum atomic E-state index is 10.8. The van der Waals surface area contributed by atoms with Gasteiger partial charge < -0.3 is 15.2 Å². The molecule has 4 nitrogen and oxygen atoms in total. The van der Waals surface area contributed by atoms with E-state index in [1.165, 1.54) is 0 Å². The molecule has 0 bridgehead atoms. The van der Waals surface area contributed by atoms with Gasteiger partial charge >= 0.3 is 5.97 Å². The topological polar surface area (TPSA) is 58.6 Å². The number of ether oxygens (including phenoxy) is 1. The third-order valence-electron chi connectivity index (χ3n) is 2.32.